The van der Waals surface area contributed by atoms with E-state index in [1.807, 2.05) is 6.92 Å². The smallest absolute Gasteiger partial charge is 0.223 e. The molecule has 1 aliphatic heterocycles. The van der Waals surface area contributed by atoms with Gasteiger partial charge in [-0.15, -0.1) is 0 Å². The number of ketones is 1. The fourth-order valence-electron chi connectivity index (χ4n) is 2.24. The maximum absolute atomic E-state index is 12.8. The number of hydrogen-bond acceptors (Lipinski definition) is 3. The molecule has 2 rings (SSSR count). The predicted octanol–water partition coefficient (Wildman–Crippen LogP) is 2.04. The number of Topliss-reactive ketones (excluding diaryl/α,β-unsaturated/α-hetero) is 1. The number of amides is 1. The summed E-state index contributed by atoms with van der Waals surface area (Å²) in [7, 11) is 0. The molecule has 1 amide bonds. The summed E-state index contributed by atoms with van der Waals surface area (Å²) in [5.41, 5.74) is 0.439. The monoisotopic (exact) mass is 279 g/mol. The average molecular weight is 279 g/mol. The van der Waals surface area contributed by atoms with Gasteiger partial charge in [0.1, 0.15) is 5.82 Å². The van der Waals surface area contributed by atoms with Gasteiger partial charge < -0.3 is 9.64 Å². The lowest BCUT2D eigenvalue weighted by Gasteiger charge is -2.33. The zero-order valence-electron chi connectivity index (χ0n) is 11.5. The summed E-state index contributed by atoms with van der Waals surface area (Å²) in [4.78, 5) is 25.7. The molecule has 1 heterocycles. The van der Waals surface area contributed by atoms with Crippen molar-refractivity contribution in [3.8, 4) is 0 Å². The van der Waals surface area contributed by atoms with Crippen LogP contribution in [0.25, 0.3) is 0 Å². The second-order valence-corrected chi connectivity index (χ2v) is 4.94. The summed E-state index contributed by atoms with van der Waals surface area (Å²) < 4.78 is 18.0. The summed E-state index contributed by atoms with van der Waals surface area (Å²) in [6, 6.07) is 5.44. The minimum atomic E-state index is -0.375. The van der Waals surface area contributed by atoms with Crippen LogP contribution in [0.3, 0.4) is 0 Å². The third-order valence-corrected chi connectivity index (χ3v) is 3.42. The lowest BCUT2D eigenvalue weighted by molar-refractivity contribution is -0.139. The Kier molecular flexibility index (Phi) is 4.84. The normalized spacial score (nSPS) is 18.9. The maximum atomic E-state index is 12.8. The predicted molar refractivity (Wildman–Crippen MR) is 72.0 cm³/mol. The van der Waals surface area contributed by atoms with Gasteiger partial charge in [0.05, 0.1) is 19.3 Å². The van der Waals surface area contributed by atoms with Gasteiger partial charge in [0.2, 0.25) is 5.91 Å². The molecule has 0 aliphatic carbocycles. The van der Waals surface area contributed by atoms with Crippen LogP contribution in [0.5, 0.6) is 0 Å². The van der Waals surface area contributed by atoms with E-state index < -0.39 is 0 Å². The second kappa shape index (κ2) is 6.61. The number of carbonyl (C=O) groups excluding carboxylic acids is 2. The Labute approximate surface area is 117 Å². The van der Waals surface area contributed by atoms with Crippen LogP contribution >= 0.6 is 0 Å². The standard InChI is InChI=1S/C15H18FNO3/c1-11-10-20-9-8-17(11)15(19)7-6-14(18)12-2-4-13(16)5-3-12/h2-5,11H,6-10H2,1H3. The van der Waals surface area contributed by atoms with E-state index in [0.717, 1.165) is 0 Å². The Morgan fingerprint density at radius 3 is 2.65 bits per heavy atom. The van der Waals surface area contributed by atoms with Crippen molar-refractivity contribution in [3.05, 3.63) is 35.6 Å². The van der Waals surface area contributed by atoms with Gasteiger partial charge in [-0.25, -0.2) is 4.39 Å². The number of rotatable bonds is 4. The van der Waals surface area contributed by atoms with E-state index in [0.29, 0.717) is 25.3 Å². The molecule has 1 aromatic carbocycles. The molecule has 1 aliphatic rings. The van der Waals surface area contributed by atoms with Crippen molar-refractivity contribution in [1.29, 1.82) is 0 Å². The summed E-state index contributed by atoms with van der Waals surface area (Å²) in [5.74, 6) is -0.546. The number of benzene rings is 1. The summed E-state index contributed by atoms with van der Waals surface area (Å²) in [6.45, 7) is 3.59. The summed E-state index contributed by atoms with van der Waals surface area (Å²) >= 11 is 0. The molecule has 1 fully saturated rings. The van der Waals surface area contributed by atoms with E-state index in [9.17, 15) is 14.0 Å². The van der Waals surface area contributed by atoms with E-state index >= 15 is 0 Å². The van der Waals surface area contributed by atoms with E-state index in [1.54, 1.807) is 4.90 Å². The van der Waals surface area contributed by atoms with E-state index in [4.69, 9.17) is 4.74 Å². The molecular weight excluding hydrogens is 261 g/mol. The van der Waals surface area contributed by atoms with Gasteiger partial charge in [0, 0.05) is 24.9 Å². The molecule has 1 unspecified atom stereocenters. The van der Waals surface area contributed by atoms with Crippen LogP contribution < -0.4 is 0 Å². The molecule has 0 bridgehead atoms. The zero-order chi connectivity index (χ0) is 14.5. The molecule has 1 atom stereocenters. The Bertz CT molecular complexity index is 486. The van der Waals surface area contributed by atoms with E-state index in [1.165, 1.54) is 24.3 Å². The molecule has 0 radical (unpaired) electrons. The SMILES string of the molecule is CC1COCCN1C(=O)CCC(=O)c1ccc(F)cc1. The van der Waals surface area contributed by atoms with Crippen LogP contribution in [0, 0.1) is 5.82 Å². The van der Waals surface area contributed by atoms with Crippen molar-refractivity contribution in [2.24, 2.45) is 0 Å². The van der Waals surface area contributed by atoms with Gasteiger partial charge in [-0.1, -0.05) is 0 Å². The Hall–Kier alpha value is -1.75. The topological polar surface area (TPSA) is 46.6 Å². The van der Waals surface area contributed by atoms with Crippen molar-refractivity contribution >= 4 is 11.7 Å². The third kappa shape index (κ3) is 3.63. The van der Waals surface area contributed by atoms with Crippen LogP contribution in [-0.4, -0.2) is 42.4 Å². The van der Waals surface area contributed by atoms with Crippen LogP contribution in [0.15, 0.2) is 24.3 Å². The molecule has 0 spiro atoms. The number of halogens is 1. The first-order valence-electron chi connectivity index (χ1n) is 6.74. The van der Waals surface area contributed by atoms with Gasteiger partial charge in [0.25, 0.3) is 0 Å². The minimum Gasteiger partial charge on any atom is -0.377 e. The molecule has 108 valence electrons. The van der Waals surface area contributed by atoms with Crippen molar-refractivity contribution in [2.45, 2.75) is 25.8 Å². The van der Waals surface area contributed by atoms with Crippen molar-refractivity contribution < 1.29 is 18.7 Å². The molecule has 0 aromatic heterocycles. The van der Waals surface area contributed by atoms with Gasteiger partial charge in [-0.2, -0.15) is 0 Å². The van der Waals surface area contributed by atoms with Crippen LogP contribution in [-0.2, 0) is 9.53 Å². The molecule has 0 N–H and O–H groups in total. The maximum Gasteiger partial charge on any atom is 0.223 e. The minimum absolute atomic E-state index is 0.0312. The average Bonchev–Trinajstić information content (AvgIpc) is 2.45. The number of morpholine rings is 1. The van der Waals surface area contributed by atoms with Crippen molar-refractivity contribution in [1.82, 2.24) is 4.90 Å². The van der Waals surface area contributed by atoms with E-state index in [2.05, 4.69) is 0 Å². The molecule has 1 aromatic rings. The van der Waals surface area contributed by atoms with Gasteiger partial charge in [-0.05, 0) is 31.2 Å². The molecule has 5 heteroatoms. The highest BCUT2D eigenvalue weighted by Gasteiger charge is 2.23. The first-order valence-corrected chi connectivity index (χ1v) is 6.74. The summed E-state index contributed by atoms with van der Waals surface area (Å²) in [5, 5.41) is 0. The highest BCUT2D eigenvalue weighted by Crippen LogP contribution is 2.12. The zero-order valence-corrected chi connectivity index (χ0v) is 11.5. The molecular formula is C15H18FNO3. The fraction of sp³-hybridized carbons (Fsp3) is 0.467. The van der Waals surface area contributed by atoms with Crippen LogP contribution in [0.2, 0.25) is 0 Å². The van der Waals surface area contributed by atoms with Gasteiger partial charge in [0.15, 0.2) is 5.78 Å². The number of nitrogens with zero attached hydrogens (tertiary/aromatic N) is 1. The Balaban J connectivity index is 1.86. The van der Waals surface area contributed by atoms with Crippen LogP contribution in [0.1, 0.15) is 30.1 Å². The van der Waals surface area contributed by atoms with Crippen molar-refractivity contribution in [3.63, 3.8) is 0 Å². The molecule has 1 saturated heterocycles. The Morgan fingerprint density at radius 2 is 2.00 bits per heavy atom. The van der Waals surface area contributed by atoms with Crippen molar-refractivity contribution in [2.75, 3.05) is 19.8 Å². The number of hydrogen-bond donors (Lipinski definition) is 0. The van der Waals surface area contributed by atoms with Crippen LogP contribution in [0.4, 0.5) is 4.39 Å². The Morgan fingerprint density at radius 1 is 1.30 bits per heavy atom. The quantitative estimate of drug-likeness (QED) is 0.792. The molecule has 20 heavy (non-hydrogen) atoms. The summed E-state index contributed by atoms with van der Waals surface area (Å²) in [6.07, 6.45) is 0.328. The van der Waals surface area contributed by atoms with E-state index in [-0.39, 0.29) is 36.4 Å². The molecule has 4 nitrogen and oxygen atoms in total. The number of ether oxygens (including phenoxy) is 1. The lowest BCUT2D eigenvalue weighted by Crippen LogP contribution is -2.47. The van der Waals surface area contributed by atoms with Gasteiger partial charge >= 0.3 is 0 Å². The lowest BCUT2D eigenvalue weighted by atomic mass is 10.1. The fourth-order valence-corrected chi connectivity index (χ4v) is 2.24. The third-order valence-electron chi connectivity index (χ3n) is 3.42. The first kappa shape index (κ1) is 14.7. The highest BCUT2D eigenvalue weighted by molar-refractivity contribution is 5.97. The highest BCUT2D eigenvalue weighted by atomic mass is 19.1. The number of carbonyl (C=O) groups is 2. The second-order valence-electron chi connectivity index (χ2n) is 4.94. The largest absolute Gasteiger partial charge is 0.377 e. The first-order chi connectivity index (χ1) is 9.58. The molecule has 0 saturated carbocycles. The van der Waals surface area contributed by atoms with Gasteiger partial charge in [-0.3, -0.25) is 9.59 Å².